The number of nitrogens with two attached hydrogens (primary N) is 1. The molecule has 1 aromatic carbocycles. The van der Waals surface area contributed by atoms with Gasteiger partial charge in [-0.05, 0) is 37.1 Å². The Labute approximate surface area is 123 Å². The molecule has 0 atom stereocenters. The molecule has 20 heavy (non-hydrogen) atoms. The first kappa shape index (κ1) is 15.3. The maximum atomic E-state index is 5.76. The number of benzene rings is 1. The van der Waals surface area contributed by atoms with E-state index in [2.05, 4.69) is 24.0 Å². The Morgan fingerprint density at radius 2 is 2.00 bits per heavy atom. The Morgan fingerprint density at radius 3 is 2.60 bits per heavy atom. The van der Waals surface area contributed by atoms with Crippen LogP contribution < -0.4 is 10.5 Å². The average Bonchev–Trinajstić information content (AvgIpc) is 2.53. The van der Waals surface area contributed by atoms with Crippen molar-refractivity contribution in [2.24, 2.45) is 5.73 Å². The van der Waals surface area contributed by atoms with Gasteiger partial charge in [0, 0.05) is 24.7 Å². The third-order valence-electron chi connectivity index (χ3n) is 4.45. The summed E-state index contributed by atoms with van der Waals surface area (Å²) in [5, 5.41) is 0. The Hall–Kier alpha value is -1.06. The Balaban J connectivity index is 2.12. The van der Waals surface area contributed by atoms with Gasteiger partial charge in [-0.1, -0.05) is 32.3 Å². The zero-order chi connectivity index (χ0) is 14.4. The molecule has 0 bridgehead atoms. The summed E-state index contributed by atoms with van der Waals surface area (Å²) >= 11 is 0. The van der Waals surface area contributed by atoms with E-state index < -0.39 is 0 Å². The van der Waals surface area contributed by atoms with Gasteiger partial charge >= 0.3 is 0 Å². The lowest BCUT2D eigenvalue weighted by Gasteiger charge is -2.34. The second-order valence-electron chi connectivity index (χ2n) is 5.71. The highest BCUT2D eigenvalue weighted by Crippen LogP contribution is 2.27. The number of hydrogen-bond acceptors (Lipinski definition) is 3. The molecule has 0 aromatic heterocycles. The van der Waals surface area contributed by atoms with Crippen molar-refractivity contribution in [1.29, 1.82) is 0 Å². The van der Waals surface area contributed by atoms with Crippen LogP contribution in [-0.2, 0) is 13.1 Å². The van der Waals surface area contributed by atoms with E-state index >= 15 is 0 Å². The molecular formula is C17H28N2O. The van der Waals surface area contributed by atoms with Crippen molar-refractivity contribution in [3.63, 3.8) is 0 Å². The number of rotatable bonds is 6. The van der Waals surface area contributed by atoms with Gasteiger partial charge in [-0.2, -0.15) is 0 Å². The average molecular weight is 276 g/mol. The quantitative estimate of drug-likeness (QED) is 0.866. The van der Waals surface area contributed by atoms with Crippen molar-refractivity contribution in [2.75, 3.05) is 13.7 Å². The van der Waals surface area contributed by atoms with Gasteiger partial charge in [0.25, 0.3) is 0 Å². The molecule has 3 heteroatoms. The summed E-state index contributed by atoms with van der Waals surface area (Å²) in [7, 11) is 1.75. The van der Waals surface area contributed by atoms with Crippen LogP contribution in [0.15, 0.2) is 18.2 Å². The van der Waals surface area contributed by atoms with Crippen LogP contribution in [0.1, 0.15) is 50.2 Å². The first-order chi connectivity index (χ1) is 9.78. The molecule has 0 amide bonds. The smallest absolute Gasteiger partial charge is 0.123 e. The van der Waals surface area contributed by atoms with Crippen LogP contribution in [0.5, 0.6) is 5.75 Å². The lowest BCUT2D eigenvalue weighted by molar-refractivity contribution is 0.154. The predicted octanol–water partition coefficient (Wildman–Crippen LogP) is 3.31. The van der Waals surface area contributed by atoms with Crippen LogP contribution >= 0.6 is 0 Å². The van der Waals surface area contributed by atoms with E-state index in [4.69, 9.17) is 10.5 Å². The highest BCUT2D eigenvalue weighted by atomic mass is 16.5. The molecule has 0 aliphatic heterocycles. The van der Waals surface area contributed by atoms with Crippen LogP contribution in [0.4, 0.5) is 0 Å². The minimum absolute atomic E-state index is 0.590. The zero-order valence-electron chi connectivity index (χ0n) is 12.9. The van der Waals surface area contributed by atoms with E-state index in [9.17, 15) is 0 Å². The predicted molar refractivity (Wildman–Crippen MR) is 83.8 cm³/mol. The first-order valence-corrected chi connectivity index (χ1v) is 7.88. The molecule has 0 spiro atoms. The second-order valence-corrected chi connectivity index (χ2v) is 5.71. The van der Waals surface area contributed by atoms with Crippen molar-refractivity contribution >= 4 is 0 Å². The summed E-state index contributed by atoms with van der Waals surface area (Å²) in [4.78, 5) is 2.59. The molecule has 1 aromatic rings. The van der Waals surface area contributed by atoms with Gasteiger partial charge in [0.2, 0.25) is 0 Å². The summed E-state index contributed by atoms with van der Waals surface area (Å²) < 4.78 is 5.51. The molecular weight excluding hydrogens is 248 g/mol. The molecule has 2 N–H and O–H groups in total. The number of hydrogen-bond donors (Lipinski definition) is 1. The maximum Gasteiger partial charge on any atom is 0.123 e. The van der Waals surface area contributed by atoms with Crippen LogP contribution in [0, 0.1) is 0 Å². The SMILES string of the molecule is CCN(Cc1cc(CN)ccc1OC)C1CCCCC1. The molecule has 0 unspecified atom stereocenters. The molecule has 2 rings (SSSR count). The topological polar surface area (TPSA) is 38.5 Å². The van der Waals surface area contributed by atoms with Crippen molar-refractivity contribution in [3.05, 3.63) is 29.3 Å². The highest BCUT2D eigenvalue weighted by Gasteiger charge is 2.21. The summed E-state index contributed by atoms with van der Waals surface area (Å²) in [6.45, 7) is 4.92. The van der Waals surface area contributed by atoms with E-state index in [1.165, 1.54) is 43.2 Å². The third-order valence-corrected chi connectivity index (χ3v) is 4.45. The number of ether oxygens (including phenoxy) is 1. The van der Waals surface area contributed by atoms with Crippen molar-refractivity contribution in [2.45, 2.75) is 58.2 Å². The lowest BCUT2D eigenvalue weighted by Crippen LogP contribution is -2.36. The normalized spacial score (nSPS) is 16.6. The Morgan fingerprint density at radius 1 is 1.25 bits per heavy atom. The standard InChI is InChI=1S/C17H28N2O/c1-3-19(16-7-5-4-6-8-16)13-15-11-14(12-18)9-10-17(15)20-2/h9-11,16H,3-8,12-13,18H2,1-2H3. The molecule has 0 saturated heterocycles. The minimum Gasteiger partial charge on any atom is -0.496 e. The van der Waals surface area contributed by atoms with Gasteiger partial charge in [-0.25, -0.2) is 0 Å². The van der Waals surface area contributed by atoms with E-state index in [1.54, 1.807) is 7.11 Å². The van der Waals surface area contributed by atoms with Gasteiger partial charge in [0.05, 0.1) is 7.11 Å². The maximum absolute atomic E-state index is 5.76. The molecule has 1 aliphatic carbocycles. The summed E-state index contributed by atoms with van der Waals surface area (Å²) in [5.41, 5.74) is 8.21. The largest absolute Gasteiger partial charge is 0.496 e. The van der Waals surface area contributed by atoms with E-state index in [0.717, 1.165) is 24.9 Å². The molecule has 1 aliphatic rings. The van der Waals surface area contributed by atoms with Crippen molar-refractivity contribution in [3.8, 4) is 5.75 Å². The number of nitrogens with zero attached hydrogens (tertiary/aromatic N) is 1. The van der Waals surface area contributed by atoms with Gasteiger partial charge in [-0.3, -0.25) is 4.90 Å². The summed E-state index contributed by atoms with van der Waals surface area (Å²) in [6.07, 6.45) is 6.84. The molecule has 112 valence electrons. The van der Waals surface area contributed by atoms with Gasteiger partial charge in [-0.15, -0.1) is 0 Å². The fourth-order valence-electron chi connectivity index (χ4n) is 3.25. The van der Waals surface area contributed by atoms with Gasteiger partial charge in [0.1, 0.15) is 5.75 Å². The van der Waals surface area contributed by atoms with E-state index in [0.29, 0.717) is 6.54 Å². The van der Waals surface area contributed by atoms with E-state index in [-0.39, 0.29) is 0 Å². The monoisotopic (exact) mass is 276 g/mol. The number of methoxy groups -OCH3 is 1. The fourth-order valence-corrected chi connectivity index (χ4v) is 3.25. The summed E-state index contributed by atoms with van der Waals surface area (Å²) in [5.74, 6) is 0.983. The van der Waals surface area contributed by atoms with Crippen molar-refractivity contribution < 1.29 is 4.74 Å². The second kappa shape index (κ2) is 7.65. The lowest BCUT2D eigenvalue weighted by atomic mass is 9.93. The minimum atomic E-state index is 0.590. The molecule has 1 saturated carbocycles. The Kier molecular flexibility index (Phi) is 5.86. The van der Waals surface area contributed by atoms with E-state index in [1.807, 2.05) is 6.07 Å². The molecule has 0 radical (unpaired) electrons. The fraction of sp³-hybridized carbons (Fsp3) is 0.647. The van der Waals surface area contributed by atoms with Crippen LogP contribution in [0.2, 0.25) is 0 Å². The zero-order valence-corrected chi connectivity index (χ0v) is 12.9. The third kappa shape index (κ3) is 3.74. The van der Waals surface area contributed by atoms with Crippen molar-refractivity contribution in [1.82, 2.24) is 4.90 Å². The first-order valence-electron chi connectivity index (χ1n) is 7.88. The highest BCUT2D eigenvalue weighted by molar-refractivity contribution is 5.37. The van der Waals surface area contributed by atoms with Crippen LogP contribution in [0.3, 0.4) is 0 Å². The molecule has 0 heterocycles. The van der Waals surface area contributed by atoms with Crippen LogP contribution in [-0.4, -0.2) is 24.6 Å². The van der Waals surface area contributed by atoms with Gasteiger partial charge in [0.15, 0.2) is 0 Å². The Bertz CT molecular complexity index is 413. The van der Waals surface area contributed by atoms with Crippen LogP contribution in [0.25, 0.3) is 0 Å². The van der Waals surface area contributed by atoms with Gasteiger partial charge < -0.3 is 10.5 Å². The summed E-state index contributed by atoms with van der Waals surface area (Å²) in [6, 6.07) is 7.04. The molecule has 3 nitrogen and oxygen atoms in total. The molecule has 1 fully saturated rings.